The van der Waals surface area contributed by atoms with Crippen LogP contribution in [0.25, 0.3) is 0 Å². The topological polar surface area (TPSA) is 53.6 Å². The quantitative estimate of drug-likeness (QED) is 0.769. The van der Waals surface area contributed by atoms with Crippen molar-refractivity contribution in [3.63, 3.8) is 0 Å². The molecule has 0 spiro atoms. The standard InChI is InChI=1S/C20H31N3O2.2ClH/c1-16-4-3-13-23(14-16)15-17-5-7-18(8-6-17)22-19(24)20(25-2)9-11-21-12-10-20;;/h5-8,16,21H,3-4,9-15H2,1-2H3,(H,22,24);2*1H. The van der Waals surface area contributed by atoms with E-state index in [4.69, 9.17) is 4.74 Å². The van der Waals surface area contributed by atoms with Crippen LogP contribution in [0.1, 0.15) is 38.2 Å². The molecule has 3 rings (SSSR count). The van der Waals surface area contributed by atoms with Crippen molar-refractivity contribution in [2.45, 2.75) is 44.8 Å². The van der Waals surface area contributed by atoms with Crippen LogP contribution in [-0.2, 0) is 16.1 Å². The fraction of sp³-hybridized carbons (Fsp3) is 0.650. The molecule has 2 fully saturated rings. The predicted molar refractivity (Wildman–Crippen MR) is 115 cm³/mol. The lowest BCUT2D eigenvalue weighted by Crippen LogP contribution is -2.51. The van der Waals surface area contributed by atoms with Crippen molar-refractivity contribution in [3.05, 3.63) is 29.8 Å². The number of likely N-dealkylation sites (tertiary alicyclic amines) is 1. The second kappa shape index (κ2) is 11.2. The summed E-state index contributed by atoms with van der Waals surface area (Å²) in [5.74, 6) is 0.761. The number of nitrogens with zero attached hydrogens (tertiary/aromatic N) is 1. The van der Waals surface area contributed by atoms with E-state index < -0.39 is 5.60 Å². The molecule has 27 heavy (non-hydrogen) atoms. The number of carbonyl (C=O) groups excluding carboxylic acids is 1. The maximum atomic E-state index is 12.7. The summed E-state index contributed by atoms with van der Waals surface area (Å²) in [6.07, 6.45) is 4.06. The number of carbonyl (C=O) groups is 1. The van der Waals surface area contributed by atoms with Crippen LogP contribution < -0.4 is 10.6 Å². The minimum absolute atomic E-state index is 0. The van der Waals surface area contributed by atoms with Crippen molar-refractivity contribution < 1.29 is 9.53 Å². The van der Waals surface area contributed by atoms with E-state index in [0.717, 1.165) is 31.2 Å². The van der Waals surface area contributed by atoms with E-state index in [0.29, 0.717) is 12.8 Å². The molecule has 0 saturated carbocycles. The van der Waals surface area contributed by atoms with Crippen molar-refractivity contribution in [1.82, 2.24) is 10.2 Å². The van der Waals surface area contributed by atoms with Crippen molar-refractivity contribution in [1.29, 1.82) is 0 Å². The highest BCUT2D eigenvalue weighted by Crippen LogP contribution is 2.25. The molecule has 2 aliphatic heterocycles. The van der Waals surface area contributed by atoms with Crippen LogP contribution in [0.3, 0.4) is 0 Å². The van der Waals surface area contributed by atoms with E-state index >= 15 is 0 Å². The second-order valence-electron chi connectivity index (χ2n) is 7.58. The fourth-order valence-corrected chi connectivity index (χ4v) is 3.98. The molecule has 1 aromatic rings. The molecular weight excluding hydrogens is 385 g/mol. The minimum Gasteiger partial charge on any atom is -0.368 e. The van der Waals surface area contributed by atoms with E-state index in [-0.39, 0.29) is 30.7 Å². The van der Waals surface area contributed by atoms with Crippen LogP contribution >= 0.6 is 24.8 Å². The molecular formula is C20H33Cl2N3O2. The van der Waals surface area contributed by atoms with E-state index in [1.165, 1.54) is 31.5 Å². The molecule has 1 atom stereocenters. The lowest BCUT2D eigenvalue weighted by Gasteiger charge is -2.34. The Morgan fingerprint density at radius 1 is 1.26 bits per heavy atom. The highest BCUT2D eigenvalue weighted by molar-refractivity contribution is 5.97. The average Bonchev–Trinajstić information content (AvgIpc) is 2.64. The third-order valence-electron chi connectivity index (χ3n) is 5.57. The maximum Gasteiger partial charge on any atom is 0.256 e. The Hall–Kier alpha value is -0.850. The molecule has 0 aliphatic carbocycles. The van der Waals surface area contributed by atoms with E-state index in [2.05, 4.69) is 34.6 Å². The Bertz CT molecular complexity index is 577. The van der Waals surface area contributed by atoms with Gasteiger partial charge in [-0.3, -0.25) is 9.69 Å². The number of amides is 1. The number of anilines is 1. The van der Waals surface area contributed by atoms with Gasteiger partial charge in [-0.15, -0.1) is 24.8 Å². The highest BCUT2D eigenvalue weighted by Gasteiger charge is 2.39. The normalized spacial score (nSPS) is 22.2. The van der Waals surface area contributed by atoms with Gasteiger partial charge in [0, 0.05) is 25.9 Å². The zero-order valence-electron chi connectivity index (χ0n) is 16.3. The summed E-state index contributed by atoms with van der Waals surface area (Å²) >= 11 is 0. The van der Waals surface area contributed by atoms with Crippen molar-refractivity contribution in [2.75, 3.05) is 38.6 Å². The molecule has 7 heteroatoms. The van der Waals surface area contributed by atoms with Gasteiger partial charge in [0.25, 0.3) is 5.91 Å². The number of hydrogen-bond donors (Lipinski definition) is 2. The third kappa shape index (κ3) is 6.33. The summed E-state index contributed by atoms with van der Waals surface area (Å²) in [5, 5.41) is 6.31. The zero-order valence-corrected chi connectivity index (χ0v) is 18.0. The maximum absolute atomic E-state index is 12.7. The van der Waals surface area contributed by atoms with Gasteiger partial charge >= 0.3 is 0 Å². The predicted octanol–water partition coefficient (Wildman–Crippen LogP) is 3.47. The molecule has 0 bridgehead atoms. The number of nitrogens with one attached hydrogen (secondary N) is 2. The molecule has 2 aliphatic rings. The molecule has 1 amide bonds. The summed E-state index contributed by atoms with van der Waals surface area (Å²) in [6.45, 7) is 7.32. The van der Waals surface area contributed by atoms with E-state index in [1.807, 2.05) is 12.1 Å². The average molecular weight is 418 g/mol. The van der Waals surface area contributed by atoms with Gasteiger partial charge in [-0.25, -0.2) is 0 Å². The number of halogens is 2. The number of methoxy groups -OCH3 is 1. The van der Waals surface area contributed by atoms with Gasteiger partial charge in [-0.05, 0) is 68.9 Å². The van der Waals surface area contributed by atoms with Crippen LogP contribution in [0.4, 0.5) is 5.69 Å². The SMILES string of the molecule is COC1(C(=O)Nc2ccc(CN3CCCC(C)C3)cc2)CCNCC1.Cl.Cl. The van der Waals surface area contributed by atoms with Crippen LogP contribution in [0.15, 0.2) is 24.3 Å². The highest BCUT2D eigenvalue weighted by atomic mass is 35.5. The van der Waals surface area contributed by atoms with Gasteiger partial charge in [0.1, 0.15) is 5.60 Å². The first-order valence-corrected chi connectivity index (χ1v) is 9.50. The van der Waals surface area contributed by atoms with Gasteiger partial charge in [0.15, 0.2) is 0 Å². The Labute approximate surface area is 175 Å². The van der Waals surface area contributed by atoms with Crippen LogP contribution in [0.5, 0.6) is 0 Å². The summed E-state index contributed by atoms with van der Waals surface area (Å²) < 4.78 is 5.59. The lowest BCUT2D eigenvalue weighted by molar-refractivity contribution is -0.140. The Morgan fingerprint density at radius 3 is 2.52 bits per heavy atom. The Kier molecular flexibility index (Phi) is 10.1. The first kappa shape index (κ1) is 24.2. The molecule has 2 N–H and O–H groups in total. The van der Waals surface area contributed by atoms with Gasteiger partial charge < -0.3 is 15.4 Å². The lowest BCUT2D eigenvalue weighted by atomic mass is 9.91. The van der Waals surface area contributed by atoms with E-state index in [9.17, 15) is 4.79 Å². The number of hydrogen-bond acceptors (Lipinski definition) is 4. The smallest absolute Gasteiger partial charge is 0.256 e. The molecule has 2 heterocycles. The van der Waals surface area contributed by atoms with E-state index in [1.54, 1.807) is 7.11 Å². The zero-order chi connectivity index (χ0) is 17.7. The molecule has 2 saturated heterocycles. The summed E-state index contributed by atoms with van der Waals surface area (Å²) in [4.78, 5) is 15.2. The van der Waals surface area contributed by atoms with Crippen LogP contribution in [0.2, 0.25) is 0 Å². The van der Waals surface area contributed by atoms with Gasteiger partial charge in [-0.1, -0.05) is 19.1 Å². The minimum atomic E-state index is -0.701. The number of ether oxygens (including phenoxy) is 1. The number of piperidine rings is 2. The molecule has 5 nitrogen and oxygen atoms in total. The number of benzene rings is 1. The first-order chi connectivity index (χ1) is 12.1. The molecule has 154 valence electrons. The second-order valence-corrected chi connectivity index (χ2v) is 7.58. The van der Waals surface area contributed by atoms with Crippen LogP contribution in [-0.4, -0.2) is 49.7 Å². The van der Waals surface area contributed by atoms with Crippen molar-refractivity contribution in [2.24, 2.45) is 5.92 Å². The summed E-state index contributed by atoms with van der Waals surface area (Å²) in [5.41, 5.74) is 1.44. The molecule has 0 radical (unpaired) electrons. The Morgan fingerprint density at radius 2 is 1.93 bits per heavy atom. The monoisotopic (exact) mass is 417 g/mol. The van der Waals surface area contributed by atoms with Crippen molar-refractivity contribution >= 4 is 36.4 Å². The Balaban J connectivity index is 0.00000182. The van der Waals surface area contributed by atoms with Crippen molar-refractivity contribution in [3.8, 4) is 0 Å². The largest absolute Gasteiger partial charge is 0.368 e. The summed E-state index contributed by atoms with van der Waals surface area (Å²) in [7, 11) is 1.63. The van der Waals surface area contributed by atoms with Gasteiger partial charge in [0.05, 0.1) is 0 Å². The third-order valence-corrected chi connectivity index (χ3v) is 5.57. The number of rotatable bonds is 5. The molecule has 0 aromatic heterocycles. The first-order valence-electron chi connectivity index (χ1n) is 9.50. The van der Waals surface area contributed by atoms with Gasteiger partial charge in [-0.2, -0.15) is 0 Å². The fourth-order valence-electron chi connectivity index (χ4n) is 3.98. The van der Waals surface area contributed by atoms with Gasteiger partial charge in [0.2, 0.25) is 0 Å². The molecule has 1 unspecified atom stereocenters. The summed E-state index contributed by atoms with van der Waals surface area (Å²) in [6, 6.07) is 8.25. The van der Waals surface area contributed by atoms with Crippen LogP contribution in [0, 0.1) is 5.92 Å². The molecule has 1 aromatic carbocycles.